The van der Waals surface area contributed by atoms with Gasteiger partial charge in [0.2, 0.25) is 0 Å². The Hall–Kier alpha value is -2.44. The number of aliphatic carboxylic acids is 1. The highest BCUT2D eigenvalue weighted by Crippen LogP contribution is 2.27. The normalized spacial score (nSPS) is 11.9. The zero-order valence-electron chi connectivity index (χ0n) is 11.0. The molecule has 0 aromatic carbocycles. The molecule has 0 saturated heterocycles. The second-order valence-electron chi connectivity index (χ2n) is 4.03. The van der Waals surface area contributed by atoms with Gasteiger partial charge in [0.1, 0.15) is 28.2 Å². The predicted molar refractivity (Wildman–Crippen MR) is 73.7 cm³/mol. The van der Waals surface area contributed by atoms with Gasteiger partial charge in [0.25, 0.3) is 0 Å². The molecule has 0 amide bonds. The third-order valence-corrected chi connectivity index (χ3v) is 3.40. The number of anilines is 1. The van der Waals surface area contributed by atoms with Crippen LogP contribution < -0.4 is 5.32 Å². The van der Waals surface area contributed by atoms with Crippen LogP contribution in [0.5, 0.6) is 0 Å². The first kappa shape index (κ1) is 15.0. The Morgan fingerprint density at radius 1 is 1.71 bits per heavy atom. The molecular weight excluding hydrogens is 296 g/mol. The first-order chi connectivity index (χ1) is 10.1. The Balaban J connectivity index is 2.31. The second-order valence-corrected chi connectivity index (χ2v) is 4.82. The number of carboxylic acid groups (broad SMARTS) is 1. The van der Waals surface area contributed by atoms with Crippen molar-refractivity contribution in [1.82, 2.24) is 10.2 Å². The third kappa shape index (κ3) is 3.01. The van der Waals surface area contributed by atoms with Crippen LogP contribution in [0.4, 0.5) is 5.82 Å². The van der Waals surface area contributed by atoms with E-state index >= 15 is 0 Å². The van der Waals surface area contributed by atoms with Crippen LogP contribution in [0.25, 0.3) is 0 Å². The number of nitrogens with one attached hydrogen (secondary N) is 2. The number of aliphatic hydroxyl groups excluding tert-OH is 1. The summed E-state index contributed by atoms with van der Waals surface area (Å²) >= 11 is 1.27. The van der Waals surface area contributed by atoms with Gasteiger partial charge in [-0.25, -0.2) is 4.79 Å². The molecule has 21 heavy (non-hydrogen) atoms. The lowest BCUT2D eigenvalue weighted by Crippen LogP contribution is -2.20. The van der Waals surface area contributed by atoms with E-state index < -0.39 is 12.0 Å². The molecule has 0 bridgehead atoms. The van der Waals surface area contributed by atoms with Crippen molar-refractivity contribution in [1.29, 1.82) is 5.26 Å². The monoisotopic (exact) mass is 308 g/mol. The molecule has 8 nitrogen and oxygen atoms in total. The molecule has 0 aliphatic carbocycles. The summed E-state index contributed by atoms with van der Waals surface area (Å²) in [6.07, 6.45) is 3.04. The summed E-state index contributed by atoms with van der Waals surface area (Å²) < 4.78 is 5.13. The van der Waals surface area contributed by atoms with Crippen molar-refractivity contribution >= 4 is 23.5 Å². The first-order valence-electron chi connectivity index (χ1n) is 5.80. The number of aliphatic hydroxyl groups is 1. The highest BCUT2D eigenvalue weighted by molar-refractivity contribution is 7.98. The fourth-order valence-corrected chi connectivity index (χ4v) is 2.20. The number of aromatic nitrogens is 2. The van der Waals surface area contributed by atoms with Gasteiger partial charge in [0, 0.05) is 5.56 Å². The number of carbonyl (C=O) groups is 1. The smallest absolute Gasteiger partial charge is 0.334 e. The van der Waals surface area contributed by atoms with E-state index in [9.17, 15) is 9.90 Å². The molecular formula is C12H12N4O4S. The quantitative estimate of drug-likeness (QED) is 0.587. The summed E-state index contributed by atoms with van der Waals surface area (Å²) in [5.41, 5.74) is 0.704. The summed E-state index contributed by atoms with van der Waals surface area (Å²) in [7, 11) is 0. The Morgan fingerprint density at radius 3 is 3.00 bits per heavy atom. The number of thioether (sulfide) groups is 1. The lowest BCUT2D eigenvalue weighted by Gasteiger charge is -2.11. The number of carboxylic acids is 1. The van der Waals surface area contributed by atoms with E-state index in [-0.39, 0.29) is 23.7 Å². The molecule has 2 rings (SSSR count). The van der Waals surface area contributed by atoms with Crippen molar-refractivity contribution in [2.24, 2.45) is 0 Å². The largest absolute Gasteiger partial charge is 0.479 e. The lowest BCUT2D eigenvalue weighted by molar-refractivity contribution is -0.138. The Labute approximate surface area is 123 Å². The van der Waals surface area contributed by atoms with Gasteiger partial charge >= 0.3 is 5.97 Å². The fourth-order valence-electron chi connectivity index (χ4n) is 1.71. The number of H-pyrrole nitrogens is 1. The van der Waals surface area contributed by atoms with Gasteiger partial charge in [-0.2, -0.15) is 10.4 Å². The molecule has 0 spiro atoms. The Kier molecular flexibility index (Phi) is 4.52. The molecule has 0 radical (unpaired) electrons. The van der Waals surface area contributed by atoms with Gasteiger partial charge in [0.05, 0.1) is 12.9 Å². The van der Waals surface area contributed by atoms with Crippen molar-refractivity contribution in [3.8, 4) is 6.07 Å². The molecule has 0 aliphatic heterocycles. The summed E-state index contributed by atoms with van der Waals surface area (Å²) in [5.74, 6) is -0.857. The minimum Gasteiger partial charge on any atom is -0.479 e. The van der Waals surface area contributed by atoms with Crippen molar-refractivity contribution in [3.63, 3.8) is 0 Å². The van der Waals surface area contributed by atoms with Gasteiger partial charge in [-0.1, -0.05) is 0 Å². The number of nitriles is 1. The molecule has 2 aromatic rings. The van der Waals surface area contributed by atoms with Crippen molar-refractivity contribution in [3.05, 3.63) is 29.2 Å². The number of hydrogen-bond donors (Lipinski definition) is 4. The van der Waals surface area contributed by atoms with Crippen LogP contribution in [-0.4, -0.2) is 32.6 Å². The molecule has 0 saturated carbocycles. The molecule has 110 valence electrons. The Bertz CT molecular complexity index is 688. The van der Waals surface area contributed by atoms with Crippen LogP contribution in [0.15, 0.2) is 21.8 Å². The Morgan fingerprint density at radius 2 is 2.48 bits per heavy atom. The van der Waals surface area contributed by atoms with Crippen LogP contribution in [-0.2, 0) is 11.4 Å². The maximum atomic E-state index is 11.4. The second kappa shape index (κ2) is 6.34. The van der Waals surface area contributed by atoms with Crippen LogP contribution in [0, 0.1) is 11.3 Å². The summed E-state index contributed by atoms with van der Waals surface area (Å²) in [6, 6.07) is 2.20. The average molecular weight is 308 g/mol. The number of rotatable bonds is 6. The predicted octanol–water partition coefficient (Wildman–Crippen LogP) is 1.33. The summed E-state index contributed by atoms with van der Waals surface area (Å²) in [6.45, 7) is -0.250. The van der Waals surface area contributed by atoms with E-state index in [1.165, 1.54) is 24.1 Å². The number of furan rings is 1. The maximum absolute atomic E-state index is 11.4. The molecule has 9 heteroatoms. The number of hydrogen-bond acceptors (Lipinski definition) is 7. The average Bonchev–Trinajstić information content (AvgIpc) is 3.10. The molecule has 2 heterocycles. The van der Waals surface area contributed by atoms with Gasteiger partial charge in [0.15, 0.2) is 6.04 Å². The summed E-state index contributed by atoms with van der Waals surface area (Å²) in [4.78, 5) is 11.4. The molecule has 2 aromatic heterocycles. The van der Waals surface area contributed by atoms with Crippen molar-refractivity contribution < 1.29 is 19.4 Å². The van der Waals surface area contributed by atoms with Crippen LogP contribution in [0.3, 0.4) is 0 Å². The van der Waals surface area contributed by atoms with Crippen LogP contribution in [0.1, 0.15) is 22.9 Å². The molecule has 1 atom stereocenters. The van der Waals surface area contributed by atoms with Gasteiger partial charge < -0.3 is 19.9 Å². The lowest BCUT2D eigenvalue weighted by atomic mass is 10.2. The first-order valence-corrected chi connectivity index (χ1v) is 7.03. The highest BCUT2D eigenvalue weighted by atomic mass is 32.2. The topological polar surface area (TPSA) is 135 Å². The van der Waals surface area contributed by atoms with Crippen LogP contribution >= 0.6 is 11.8 Å². The zero-order chi connectivity index (χ0) is 15.4. The molecule has 0 fully saturated rings. The number of aromatic amines is 1. The van der Waals surface area contributed by atoms with E-state index in [0.717, 1.165) is 0 Å². The van der Waals surface area contributed by atoms with Crippen molar-refractivity contribution in [2.75, 3.05) is 11.6 Å². The zero-order valence-corrected chi connectivity index (χ0v) is 11.8. The standard InChI is InChI=1S/C12H12N4O4S/c1-21-11-7(3-13)10(15-16-11)14-9(12(18)19)8-2-6(4-17)5-20-8/h2,5,9,17H,4H2,1H3,(H,18,19)(H2,14,15,16). The minimum atomic E-state index is -1.20. The molecule has 1 unspecified atom stereocenters. The molecule has 0 aliphatic rings. The van der Waals surface area contributed by atoms with Gasteiger partial charge in [-0.15, -0.1) is 11.8 Å². The number of nitrogens with zero attached hydrogens (tertiary/aromatic N) is 2. The molecule has 4 N–H and O–H groups in total. The van der Waals surface area contributed by atoms with Gasteiger partial charge in [-0.3, -0.25) is 5.10 Å². The maximum Gasteiger partial charge on any atom is 0.334 e. The van der Waals surface area contributed by atoms with E-state index in [2.05, 4.69) is 15.5 Å². The van der Waals surface area contributed by atoms with E-state index in [4.69, 9.17) is 14.8 Å². The third-order valence-electron chi connectivity index (χ3n) is 2.72. The van der Waals surface area contributed by atoms with E-state index in [0.29, 0.717) is 10.6 Å². The fraction of sp³-hybridized carbons (Fsp3) is 0.250. The minimum absolute atomic E-state index is 0.121. The van der Waals surface area contributed by atoms with Crippen LogP contribution in [0.2, 0.25) is 0 Å². The SMILES string of the molecule is CSc1n[nH]c(NC(C(=O)O)c2cc(CO)co2)c1C#N. The van der Waals surface area contributed by atoms with E-state index in [1.807, 2.05) is 6.07 Å². The highest BCUT2D eigenvalue weighted by Gasteiger charge is 2.26. The van der Waals surface area contributed by atoms with Crippen molar-refractivity contribution in [2.45, 2.75) is 17.7 Å². The van der Waals surface area contributed by atoms with E-state index in [1.54, 1.807) is 6.26 Å². The van der Waals surface area contributed by atoms with Gasteiger partial charge in [-0.05, 0) is 12.3 Å². The summed E-state index contributed by atoms with van der Waals surface area (Å²) in [5, 5.41) is 37.1.